The topological polar surface area (TPSA) is 38.9 Å². The molecule has 0 aliphatic heterocycles. The normalized spacial score (nSPS) is 17.5. The molecule has 1 aromatic rings. The van der Waals surface area contributed by atoms with Crippen LogP contribution in [0.5, 0.6) is 0 Å². The summed E-state index contributed by atoms with van der Waals surface area (Å²) < 4.78 is 1.27. The lowest BCUT2D eigenvalue weighted by molar-refractivity contribution is 1.02. The number of hydrogen-bond donors (Lipinski definition) is 1. The van der Waals surface area contributed by atoms with E-state index in [1.807, 2.05) is 0 Å². The summed E-state index contributed by atoms with van der Waals surface area (Å²) in [5.74, 6) is 0. The van der Waals surface area contributed by atoms with E-state index in [9.17, 15) is 0 Å². The first-order valence-electron chi connectivity index (χ1n) is 4.66. The quantitative estimate of drug-likeness (QED) is 0.717. The molecule has 1 heterocycles. The van der Waals surface area contributed by atoms with Crippen molar-refractivity contribution in [3.63, 3.8) is 0 Å². The zero-order valence-corrected chi connectivity index (χ0v) is 8.47. The molecule has 0 amide bonds. The van der Waals surface area contributed by atoms with Crippen LogP contribution >= 0.6 is 11.3 Å². The lowest BCUT2D eigenvalue weighted by Crippen LogP contribution is -2.19. The van der Waals surface area contributed by atoms with Gasteiger partial charge in [-0.15, -0.1) is 11.3 Å². The average Bonchev–Trinajstić information content (AvgIpc) is 2.73. The smallest absolute Gasteiger partial charge is 0.107 e. The molecule has 0 fully saturated rings. The van der Waals surface area contributed by atoms with E-state index in [1.165, 1.54) is 15.7 Å². The van der Waals surface area contributed by atoms with E-state index in [0.29, 0.717) is 6.54 Å². The lowest BCUT2D eigenvalue weighted by Gasteiger charge is -2.04. The number of fused-ring (bicyclic) bond motifs is 2. The van der Waals surface area contributed by atoms with Gasteiger partial charge in [-0.1, -0.05) is 18.2 Å². The number of rotatable bonds is 1. The number of nitrogens with zero attached hydrogens (tertiary/aromatic N) is 1. The van der Waals surface area contributed by atoms with Crippen LogP contribution in [0.25, 0.3) is 11.6 Å². The van der Waals surface area contributed by atoms with Crippen molar-refractivity contribution in [2.75, 3.05) is 0 Å². The summed E-state index contributed by atoms with van der Waals surface area (Å²) in [6.45, 7) is 0.549. The molecule has 0 bridgehead atoms. The molecule has 0 atom stereocenters. The molecule has 0 aromatic carbocycles. The van der Waals surface area contributed by atoms with Gasteiger partial charge in [0.1, 0.15) is 5.01 Å². The summed E-state index contributed by atoms with van der Waals surface area (Å²) in [7, 11) is 0. The van der Waals surface area contributed by atoms with Crippen LogP contribution in [-0.2, 0) is 6.54 Å². The summed E-state index contributed by atoms with van der Waals surface area (Å²) in [5, 5.41) is 2.19. The molecule has 0 saturated carbocycles. The first-order chi connectivity index (χ1) is 6.88. The van der Waals surface area contributed by atoms with Crippen molar-refractivity contribution in [3.05, 3.63) is 38.7 Å². The van der Waals surface area contributed by atoms with Crippen molar-refractivity contribution in [2.45, 2.75) is 13.0 Å². The molecule has 0 saturated heterocycles. The number of aromatic nitrogens is 1. The third-order valence-corrected chi connectivity index (χ3v) is 3.55. The summed E-state index contributed by atoms with van der Waals surface area (Å²) >= 11 is 1.71. The van der Waals surface area contributed by atoms with Crippen molar-refractivity contribution in [2.24, 2.45) is 5.73 Å². The van der Waals surface area contributed by atoms with E-state index >= 15 is 0 Å². The highest BCUT2D eigenvalue weighted by atomic mass is 32.1. The fourth-order valence-corrected chi connectivity index (χ4v) is 2.79. The average molecular weight is 202 g/mol. The summed E-state index contributed by atoms with van der Waals surface area (Å²) in [5.41, 5.74) is 8.26. The molecule has 0 radical (unpaired) electrons. The predicted octanol–water partition coefficient (Wildman–Crippen LogP) is 0.433. The van der Waals surface area contributed by atoms with Crippen LogP contribution in [0.3, 0.4) is 0 Å². The van der Waals surface area contributed by atoms with Crippen molar-refractivity contribution in [1.29, 1.82) is 0 Å². The van der Waals surface area contributed by atoms with Crippen molar-refractivity contribution in [3.8, 4) is 0 Å². The van der Waals surface area contributed by atoms with E-state index in [1.54, 1.807) is 11.3 Å². The van der Waals surface area contributed by atoms with Gasteiger partial charge in [0.05, 0.1) is 9.88 Å². The number of hydrogen-bond acceptors (Lipinski definition) is 3. The summed E-state index contributed by atoms with van der Waals surface area (Å²) in [4.78, 5) is 4.54. The van der Waals surface area contributed by atoms with E-state index < -0.39 is 0 Å². The molecule has 0 spiro atoms. The molecule has 14 heavy (non-hydrogen) atoms. The van der Waals surface area contributed by atoms with Gasteiger partial charge in [0.2, 0.25) is 0 Å². The Labute approximate surface area is 85.8 Å². The molecule has 2 aliphatic rings. The molecule has 2 nitrogen and oxygen atoms in total. The fraction of sp³-hybridized carbons (Fsp3) is 0.182. The van der Waals surface area contributed by atoms with E-state index in [-0.39, 0.29) is 0 Å². The molecule has 2 N–H and O–H groups in total. The SMILES string of the molecule is NCc1nc2c(s1)=CC1=CC=CCC=21. The molecular weight excluding hydrogens is 192 g/mol. The third-order valence-electron chi connectivity index (χ3n) is 2.53. The highest BCUT2D eigenvalue weighted by Gasteiger charge is 2.14. The van der Waals surface area contributed by atoms with Crippen LogP contribution in [0.2, 0.25) is 0 Å². The Kier molecular flexibility index (Phi) is 1.69. The standard InChI is InChI=1S/C11H10N2S/c12-6-10-13-11-8-4-2-1-3-7(8)5-9(11)14-10/h1-3,5H,4,6,12H2. The Balaban J connectivity index is 2.31. The minimum atomic E-state index is 0.549. The lowest BCUT2D eigenvalue weighted by atomic mass is 10.0. The first-order valence-corrected chi connectivity index (χ1v) is 5.48. The van der Waals surface area contributed by atoms with Crippen LogP contribution in [0.4, 0.5) is 0 Å². The molecule has 3 heteroatoms. The Morgan fingerprint density at radius 2 is 2.43 bits per heavy atom. The Morgan fingerprint density at radius 3 is 3.29 bits per heavy atom. The van der Waals surface area contributed by atoms with Crippen molar-refractivity contribution in [1.82, 2.24) is 4.98 Å². The highest BCUT2D eigenvalue weighted by molar-refractivity contribution is 7.09. The molecule has 2 aliphatic carbocycles. The highest BCUT2D eigenvalue weighted by Crippen LogP contribution is 2.23. The summed E-state index contributed by atoms with van der Waals surface area (Å²) in [6, 6.07) is 0. The van der Waals surface area contributed by atoms with Crippen LogP contribution in [0, 0.1) is 0 Å². The molecular formula is C11H10N2S. The monoisotopic (exact) mass is 202 g/mol. The zero-order chi connectivity index (χ0) is 9.54. The predicted molar refractivity (Wildman–Crippen MR) is 59.0 cm³/mol. The van der Waals surface area contributed by atoms with E-state index in [2.05, 4.69) is 29.3 Å². The second-order valence-electron chi connectivity index (χ2n) is 3.40. The second kappa shape index (κ2) is 2.90. The maximum atomic E-state index is 5.58. The Bertz CT molecular complexity index is 561. The van der Waals surface area contributed by atoms with Gasteiger partial charge in [0.25, 0.3) is 0 Å². The van der Waals surface area contributed by atoms with Gasteiger partial charge in [-0.25, -0.2) is 4.98 Å². The maximum Gasteiger partial charge on any atom is 0.107 e. The van der Waals surface area contributed by atoms with Gasteiger partial charge < -0.3 is 5.73 Å². The van der Waals surface area contributed by atoms with Gasteiger partial charge in [0, 0.05) is 6.54 Å². The first kappa shape index (κ1) is 8.15. The van der Waals surface area contributed by atoms with Crippen LogP contribution < -0.4 is 15.6 Å². The molecule has 70 valence electrons. The van der Waals surface area contributed by atoms with Crippen LogP contribution in [0.15, 0.2) is 23.8 Å². The van der Waals surface area contributed by atoms with E-state index in [4.69, 9.17) is 5.73 Å². The van der Waals surface area contributed by atoms with Gasteiger partial charge in [0.15, 0.2) is 0 Å². The molecule has 0 unspecified atom stereocenters. The Morgan fingerprint density at radius 1 is 1.50 bits per heavy atom. The van der Waals surface area contributed by atoms with Gasteiger partial charge in [-0.3, -0.25) is 0 Å². The van der Waals surface area contributed by atoms with E-state index in [0.717, 1.165) is 16.8 Å². The van der Waals surface area contributed by atoms with Crippen LogP contribution in [-0.4, -0.2) is 4.98 Å². The Hall–Kier alpha value is -1.19. The maximum absolute atomic E-state index is 5.58. The van der Waals surface area contributed by atoms with Crippen molar-refractivity contribution >= 4 is 23.0 Å². The summed E-state index contributed by atoms with van der Waals surface area (Å²) in [6.07, 6.45) is 9.64. The second-order valence-corrected chi connectivity index (χ2v) is 4.52. The minimum Gasteiger partial charge on any atom is -0.325 e. The van der Waals surface area contributed by atoms with Gasteiger partial charge in [-0.05, 0) is 23.6 Å². The number of allylic oxidation sites excluding steroid dienone is 4. The molecule has 3 rings (SSSR count). The van der Waals surface area contributed by atoms with Crippen LogP contribution in [0.1, 0.15) is 11.4 Å². The number of nitrogens with two attached hydrogens (primary N) is 1. The largest absolute Gasteiger partial charge is 0.325 e. The van der Waals surface area contributed by atoms with Gasteiger partial charge >= 0.3 is 0 Å². The number of thiazole rings is 1. The minimum absolute atomic E-state index is 0.549. The third kappa shape index (κ3) is 1.03. The molecule has 1 aromatic heterocycles. The zero-order valence-electron chi connectivity index (χ0n) is 7.66. The van der Waals surface area contributed by atoms with Crippen molar-refractivity contribution < 1.29 is 0 Å². The van der Waals surface area contributed by atoms with Gasteiger partial charge in [-0.2, -0.15) is 0 Å². The fourth-order valence-electron chi connectivity index (χ4n) is 1.87.